The van der Waals surface area contributed by atoms with Crippen LogP contribution in [0.15, 0.2) is 40.1 Å². The van der Waals surface area contributed by atoms with Crippen LogP contribution in [0.2, 0.25) is 0 Å². The van der Waals surface area contributed by atoms with E-state index in [2.05, 4.69) is 31.2 Å². The van der Waals surface area contributed by atoms with Gasteiger partial charge in [0.1, 0.15) is 10.8 Å². The average Bonchev–Trinajstić information content (AvgIpc) is 3.01. The lowest BCUT2D eigenvalue weighted by Crippen LogP contribution is -2.23. The third-order valence-corrected chi connectivity index (χ3v) is 5.03. The van der Waals surface area contributed by atoms with Crippen LogP contribution in [0.5, 0.6) is 0 Å². The van der Waals surface area contributed by atoms with Gasteiger partial charge in [-0.3, -0.25) is 4.79 Å². The van der Waals surface area contributed by atoms with Crippen LogP contribution in [0.25, 0.3) is 0 Å². The number of carbonyl (C=O) groups excluding carboxylic acids is 1. The second-order valence-electron chi connectivity index (χ2n) is 5.80. The Hall–Kier alpha value is -1.85. The number of carbonyl (C=O) groups is 1. The Bertz CT molecular complexity index is 835. The highest BCUT2D eigenvalue weighted by atomic mass is 79.9. The summed E-state index contributed by atoms with van der Waals surface area (Å²) in [6.07, 6.45) is 2.83. The number of β-amino-alcohol motifs (C(OH)–C–C–N with tert-alkyl or cyclic N) is 1. The SMILES string of the molecule is O=C(Nc1ccc(SC(F)(F)F)nc1)c1cnc(N2CCC(O)C2)c(Br)c1. The fraction of sp³-hybridized carbons (Fsp3) is 0.312. The van der Waals surface area contributed by atoms with Crippen molar-refractivity contribution in [3.8, 4) is 0 Å². The molecule has 1 amide bonds. The molecule has 1 aliphatic rings. The number of rotatable bonds is 4. The number of halogens is 4. The lowest BCUT2D eigenvalue weighted by atomic mass is 10.2. The van der Waals surface area contributed by atoms with Crippen molar-refractivity contribution in [3.05, 3.63) is 40.6 Å². The normalized spacial score (nSPS) is 17.2. The summed E-state index contributed by atoms with van der Waals surface area (Å²) in [6.45, 7) is 1.15. The average molecular weight is 463 g/mol. The summed E-state index contributed by atoms with van der Waals surface area (Å²) in [5.74, 6) is 0.174. The number of nitrogens with one attached hydrogen (secondary N) is 1. The first kappa shape index (κ1) is 19.9. The first-order valence-corrected chi connectivity index (χ1v) is 9.44. The molecule has 11 heteroatoms. The molecule has 1 fully saturated rings. The fourth-order valence-corrected chi connectivity index (χ4v) is 3.64. The summed E-state index contributed by atoms with van der Waals surface area (Å²) < 4.78 is 37.5. The van der Waals surface area contributed by atoms with Crippen LogP contribution in [0.3, 0.4) is 0 Å². The monoisotopic (exact) mass is 462 g/mol. The smallest absolute Gasteiger partial charge is 0.391 e. The van der Waals surface area contributed by atoms with Crippen molar-refractivity contribution in [1.82, 2.24) is 9.97 Å². The highest BCUT2D eigenvalue weighted by molar-refractivity contribution is 9.10. The maximum Gasteiger partial charge on any atom is 0.447 e. The zero-order valence-electron chi connectivity index (χ0n) is 13.7. The van der Waals surface area contributed by atoms with E-state index >= 15 is 0 Å². The maximum atomic E-state index is 12.3. The molecule has 1 atom stereocenters. The molecule has 1 unspecified atom stereocenters. The molecule has 0 radical (unpaired) electrons. The Balaban J connectivity index is 1.66. The number of amides is 1. The molecular formula is C16H14BrF3N4O2S. The predicted octanol–water partition coefficient (Wildman–Crippen LogP) is 3.67. The molecule has 1 aliphatic heterocycles. The Morgan fingerprint density at radius 2 is 2.11 bits per heavy atom. The van der Waals surface area contributed by atoms with Crippen molar-refractivity contribution < 1.29 is 23.1 Å². The molecule has 2 N–H and O–H groups in total. The number of nitrogens with zero attached hydrogens (tertiary/aromatic N) is 3. The van der Waals surface area contributed by atoms with E-state index in [9.17, 15) is 23.1 Å². The van der Waals surface area contributed by atoms with Gasteiger partial charge in [0, 0.05) is 31.0 Å². The van der Waals surface area contributed by atoms with E-state index in [-0.39, 0.29) is 28.0 Å². The minimum Gasteiger partial charge on any atom is -0.391 e. The van der Waals surface area contributed by atoms with Crippen LogP contribution in [-0.4, -0.2) is 45.7 Å². The number of pyridine rings is 2. The second kappa shape index (κ2) is 8.03. The molecule has 0 spiro atoms. The van der Waals surface area contributed by atoms with Crippen molar-refractivity contribution in [2.75, 3.05) is 23.3 Å². The second-order valence-corrected chi connectivity index (χ2v) is 7.74. The number of aliphatic hydroxyl groups excluding tert-OH is 1. The topological polar surface area (TPSA) is 78.4 Å². The van der Waals surface area contributed by atoms with Crippen molar-refractivity contribution in [2.45, 2.75) is 23.1 Å². The summed E-state index contributed by atoms with van der Waals surface area (Å²) in [7, 11) is 0. The first-order valence-electron chi connectivity index (χ1n) is 7.83. The van der Waals surface area contributed by atoms with E-state index in [4.69, 9.17) is 0 Å². The molecule has 27 heavy (non-hydrogen) atoms. The molecule has 6 nitrogen and oxygen atoms in total. The van der Waals surface area contributed by atoms with Crippen LogP contribution in [-0.2, 0) is 0 Å². The Labute approximate surface area is 165 Å². The molecule has 3 heterocycles. The highest BCUT2D eigenvalue weighted by Crippen LogP contribution is 2.35. The van der Waals surface area contributed by atoms with Crippen LogP contribution in [0, 0.1) is 0 Å². The van der Waals surface area contributed by atoms with Crippen LogP contribution >= 0.6 is 27.7 Å². The summed E-state index contributed by atoms with van der Waals surface area (Å²) >= 11 is 3.06. The summed E-state index contributed by atoms with van der Waals surface area (Å²) in [5, 5.41) is 12.0. The molecule has 2 aromatic heterocycles. The van der Waals surface area contributed by atoms with Crippen molar-refractivity contribution in [1.29, 1.82) is 0 Å². The van der Waals surface area contributed by atoms with E-state index in [1.807, 2.05) is 4.90 Å². The molecule has 0 aromatic carbocycles. The molecule has 0 aliphatic carbocycles. The van der Waals surface area contributed by atoms with Gasteiger partial charge in [0.2, 0.25) is 0 Å². The number of anilines is 2. The van der Waals surface area contributed by atoms with Gasteiger partial charge in [0.15, 0.2) is 0 Å². The van der Waals surface area contributed by atoms with Gasteiger partial charge in [-0.25, -0.2) is 9.97 Å². The number of alkyl halides is 3. The van der Waals surface area contributed by atoms with Crippen molar-refractivity contribution in [3.63, 3.8) is 0 Å². The van der Waals surface area contributed by atoms with Crippen LogP contribution < -0.4 is 10.2 Å². The molecule has 0 bridgehead atoms. The third-order valence-electron chi connectivity index (χ3n) is 3.76. The maximum absolute atomic E-state index is 12.3. The van der Waals surface area contributed by atoms with Gasteiger partial charge >= 0.3 is 5.51 Å². The Morgan fingerprint density at radius 1 is 1.33 bits per heavy atom. The quantitative estimate of drug-likeness (QED) is 0.674. The van der Waals surface area contributed by atoms with Gasteiger partial charge in [-0.2, -0.15) is 13.2 Å². The number of hydrogen-bond donors (Lipinski definition) is 2. The van der Waals surface area contributed by atoms with Gasteiger partial charge in [-0.1, -0.05) is 0 Å². The number of aliphatic hydroxyl groups is 1. The summed E-state index contributed by atoms with van der Waals surface area (Å²) in [5.41, 5.74) is -3.86. The lowest BCUT2D eigenvalue weighted by molar-refractivity contribution is -0.0329. The van der Waals surface area contributed by atoms with Crippen LogP contribution in [0.4, 0.5) is 24.7 Å². The van der Waals surface area contributed by atoms with E-state index in [1.54, 1.807) is 6.07 Å². The van der Waals surface area contributed by atoms with Crippen molar-refractivity contribution in [2.24, 2.45) is 0 Å². The van der Waals surface area contributed by atoms with Gasteiger partial charge in [-0.15, -0.1) is 0 Å². The fourth-order valence-electron chi connectivity index (χ4n) is 2.56. The largest absolute Gasteiger partial charge is 0.447 e. The van der Waals surface area contributed by atoms with E-state index in [1.165, 1.54) is 18.3 Å². The lowest BCUT2D eigenvalue weighted by Gasteiger charge is -2.18. The predicted molar refractivity (Wildman–Crippen MR) is 98.9 cm³/mol. The zero-order chi connectivity index (χ0) is 19.6. The minimum absolute atomic E-state index is 0.206. The zero-order valence-corrected chi connectivity index (χ0v) is 16.1. The number of thioether (sulfide) groups is 1. The van der Waals surface area contributed by atoms with E-state index in [0.29, 0.717) is 29.8 Å². The van der Waals surface area contributed by atoms with Gasteiger partial charge in [0.25, 0.3) is 5.91 Å². The molecular weight excluding hydrogens is 449 g/mol. The Kier molecular flexibility index (Phi) is 5.92. The molecule has 0 saturated carbocycles. The molecule has 2 aromatic rings. The summed E-state index contributed by atoms with van der Waals surface area (Å²) in [4.78, 5) is 22.2. The number of hydrogen-bond acceptors (Lipinski definition) is 6. The molecule has 3 rings (SSSR count). The van der Waals surface area contributed by atoms with Gasteiger partial charge in [-0.05, 0) is 40.5 Å². The van der Waals surface area contributed by atoms with Gasteiger partial charge in [0.05, 0.1) is 28.0 Å². The standard InChI is InChI=1S/C16H14BrF3N4O2S/c17-12-5-9(6-22-14(12)24-4-3-11(25)8-24)15(26)23-10-1-2-13(21-7-10)27-16(18,19)20/h1-2,5-7,11,25H,3-4,8H2,(H,23,26). The molecule has 1 saturated heterocycles. The van der Waals surface area contributed by atoms with Crippen LogP contribution in [0.1, 0.15) is 16.8 Å². The van der Waals surface area contributed by atoms with Crippen molar-refractivity contribution >= 4 is 45.1 Å². The number of aromatic nitrogens is 2. The molecule has 144 valence electrons. The third kappa shape index (κ3) is 5.33. The summed E-state index contributed by atoms with van der Waals surface area (Å²) in [6, 6.07) is 4.13. The Morgan fingerprint density at radius 3 is 2.67 bits per heavy atom. The first-order chi connectivity index (χ1) is 12.7. The highest BCUT2D eigenvalue weighted by Gasteiger charge is 2.30. The van der Waals surface area contributed by atoms with E-state index < -0.39 is 17.5 Å². The minimum atomic E-state index is -4.41. The van der Waals surface area contributed by atoms with Gasteiger partial charge < -0.3 is 15.3 Å². The van der Waals surface area contributed by atoms with E-state index in [0.717, 1.165) is 6.20 Å².